The van der Waals surface area contributed by atoms with Crippen LogP contribution in [-0.2, 0) is 14.3 Å². The molecule has 1 aliphatic heterocycles. The van der Waals surface area contributed by atoms with Crippen molar-refractivity contribution in [3.05, 3.63) is 59.7 Å². The molecule has 1 saturated carbocycles. The number of carboxylic acid groups (broad SMARTS) is 1. The van der Waals surface area contributed by atoms with Gasteiger partial charge in [-0.25, -0.2) is 4.79 Å². The van der Waals surface area contributed by atoms with Crippen molar-refractivity contribution < 1.29 is 24.2 Å². The number of aliphatic carboxylic acids is 1. The predicted octanol–water partition coefficient (Wildman–Crippen LogP) is 3.87. The van der Waals surface area contributed by atoms with Crippen molar-refractivity contribution in [3.8, 4) is 11.1 Å². The summed E-state index contributed by atoms with van der Waals surface area (Å²) in [7, 11) is 0. The van der Waals surface area contributed by atoms with E-state index in [9.17, 15) is 14.4 Å². The Morgan fingerprint density at radius 2 is 1.50 bits per heavy atom. The van der Waals surface area contributed by atoms with Crippen molar-refractivity contribution in [3.63, 3.8) is 0 Å². The fourth-order valence-electron chi connectivity index (χ4n) is 5.61. The zero-order valence-corrected chi connectivity index (χ0v) is 19.1. The lowest BCUT2D eigenvalue weighted by molar-refractivity contribution is -0.146. The van der Waals surface area contributed by atoms with E-state index in [1.54, 1.807) is 4.90 Å². The number of nitrogens with zero attached hydrogens (tertiary/aromatic N) is 1. The predicted molar refractivity (Wildman–Crippen MR) is 126 cm³/mol. The molecule has 2 aromatic rings. The summed E-state index contributed by atoms with van der Waals surface area (Å²) in [5.41, 5.74) is 4.80. The number of hydrogen-bond donors (Lipinski definition) is 2. The monoisotopic (exact) mass is 462 g/mol. The number of benzene rings is 2. The zero-order chi connectivity index (χ0) is 23.7. The van der Waals surface area contributed by atoms with Gasteiger partial charge < -0.3 is 20.1 Å². The van der Waals surface area contributed by atoms with Crippen LogP contribution in [0, 0.1) is 17.8 Å². The minimum absolute atomic E-state index is 0.0499. The molecule has 3 aliphatic rings. The molecule has 0 spiro atoms. The average Bonchev–Trinajstić information content (AvgIpc) is 3.09. The first-order valence-electron chi connectivity index (χ1n) is 12.1. The number of carbonyl (C=O) groups is 3. The molecule has 7 nitrogen and oxygen atoms in total. The molecule has 0 aromatic heterocycles. The second-order valence-corrected chi connectivity index (χ2v) is 9.88. The van der Waals surface area contributed by atoms with Gasteiger partial charge in [0.1, 0.15) is 6.61 Å². The lowest BCUT2D eigenvalue weighted by atomic mass is 9.73. The van der Waals surface area contributed by atoms with Gasteiger partial charge in [-0.1, -0.05) is 48.5 Å². The van der Waals surface area contributed by atoms with Gasteiger partial charge in [0.2, 0.25) is 5.91 Å². The molecule has 178 valence electrons. The minimum Gasteiger partial charge on any atom is -0.481 e. The van der Waals surface area contributed by atoms with Crippen LogP contribution in [0.2, 0.25) is 0 Å². The maximum atomic E-state index is 12.3. The van der Waals surface area contributed by atoms with E-state index >= 15 is 0 Å². The summed E-state index contributed by atoms with van der Waals surface area (Å²) in [5.74, 6) is 0.179. The third-order valence-electron chi connectivity index (χ3n) is 7.45. The van der Waals surface area contributed by atoms with Gasteiger partial charge in [0.25, 0.3) is 0 Å². The van der Waals surface area contributed by atoms with Gasteiger partial charge in [-0.3, -0.25) is 9.59 Å². The normalized spacial score (nSPS) is 21.1. The number of amides is 2. The van der Waals surface area contributed by atoms with Gasteiger partial charge in [-0.15, -0.1) is 0 Å². The van der Waals surface area contributed by atoms with E-state index in [2.05, 4.69) is 29.6 Å². The van der Waals surface area contributed by atoms with E-state index in [0.717, 1.165) is 12.8 Å². The van der Waals surface area contributed by atoms with E-state index in [4.69, 9.17) is 9.84 Å². The molecule has 5 rings (SSSR count). The molecule has 1 heterocycles. The Labute approximate surface area is 199 Å². The number of hydrogen-bond acceptors (Lipinski definition) is 4. The number of rotatable bonds is 8. The van der Waals surface area contributed by atoms with Crippen LogP contribution in [0.3, 0.4) is 0 Å². The molecule has 2 fully saturated rings. The van der Waals surface area contributed by atoms with Gasteiger partial charge in [0.15, 0.2) is 0 Å². The summed E-state index contributed by atoms with van der Waals surface area (Å²) in [5, 5.41) is 11.7. The molecule has 2 N–H and O–H groups in total. The fraction of sp³-hybridized carbons (Fsp3) is 0.444. The largest absolute Gasteiger partial charge is 0.481 e. The highest BCUT2D eigenvalue weighted by molar-refractivity contribution is 5.79. The lowest BCUT2D eigenvalue weighted by Gasteiger charge is -2.41. The van der Waals surface area contributed by atoms with Crippen molar-refractivity contribution in [2.75, 3.05) is 26.2 Å². The van der Waals surface area contributed by atoms with Gasteiger partial charge in [0, 0.05) is 37.9 Å². The van der Waals surface area contributed by atoms with Gasteiger partial charge in [-0.05, 0) is 46.9 Å². The van der Waals surface area contributed by atoms with Crippen molar-refractivity contribution in [1.82, 2.24) is 10.2 Å². The standard InChI is InChI=1S/C27H30N2O5/c30-25(29-14-19(15-29)12-26(31)32)11-17-9-18(10-17)13-28-27(33)34-16-24-22-7-3-1-5-20(22)21-6-2-4-8-23(21)24/h1-8,17-19,24H,9-16H2,(H,28,33)(H,31,32). The molecule has 2 aliphatic carbocycles. The van der Waals surface area contributed by atoms with E-state index in [1.165, 1.54) is 22.3 Å². The first-order valence-corrected chi connectivity index (χ1v) is 12.1. The van der Waals surface area contributed by atoms with E-state index in [-0.39, 0.29) is 24.2 Å². The van der Waals surface area contributed by atoms with Crippen LogP contribution in [0.15, 0.2) is 48.5 Å². The van der Waals surface area contributed by atoms with Crippen molar-refractivity contribution in [2.45, 2.75) is 31.6 Å². The summed E-state index contributed by atoms with van der Waals surface area (Å²) in [6.45, 7) is 1.99. The van der Waals surface area contributed by atoms with Crippen LogP contribution in [0.4, 0.5) is 4.79 Å². The third kappa shape index (κ3) is 4.65. The van der Waals surface area contributed by atoms with Crippen LogP contribution in [0.1, 0.15) is 42.7 Å². The number of carbonyl (C=O) groups excluding carboxylic acids is 2. The van der Waals surface area contributed by atoms with E-state index in [1.807, 2.05) is 24.3 Å². The fourth-order valence-corrected chi connectivity index (χ4v) is 5.61. The maximum Gasteiger partial charge on any atom is 0.407 e. The highest BCUT2D eigenvalue weighted by Gasteiger charge is 2.36. The second-order valence-electron chi connectivity index (χ2n) is 9.88. The summed E-state index contributed by atoms with van der Waals surface area (Å²) < 4.78 is 5.59. The molecule has 0 unspecified atom stereocenters. The molecular weight excluding hydrogens is 432 g/mol. The highest BCUT2D eigenvalue weighted by Crippen LogP contribution is 2.44. The number of ether oxygens (including phenoxy) is 1. The molecule has 1 saturated heterocycles. The summed E-state index contributed by atoms with van der Waals surface area (Å²) in [6.07, 6.45) is 2.09. The SMILES string of the molecule is O=C(O)CC1CN(C(=O)CC2CC(CNC(=O)OCC3c4ccccc4-c4ccccc43)C2)C1. The molecule has 0 radical (unpaired) electrons. The molecular formula is C27H30N2O5. The topological polar surface area (TPSA) is 95.9 Å². The van der Waals surface area contributed by atoms with Gasteiger partial charge in [-0.2, -0.15) is 0 Å². The number of carboxylic acids is 1. The Bertz CT molecular complexity index is 1040. The Hall–Kier alpha value is -3.35. The lowest BCUT2D eigenvalue weighted by Crippen LogP contribution is -2.51. The van der Waals surface area contributed by atoms with Crippen molar-refractivity contribution in [1.29, 1.82) is 0 Å². The average molecular weight is 463 g/mol. The smallest absolute Gasteiger partial charge is 0.407 e. The molecule has 34 heavy (non-hydrogen) atoms. The summed E-state index contributed by atoms with van der Waals surface area (Å²) >= 11 is 0. The Morgan fingerprint density at radius 3 is 2.12 bits per heavy atom. The second kappa shape index (κ2) is 9.49. The molecule has 7 heteroatoms. The summed E-state index contributed by atoms with van der Waals surface area (Å²) in [4.78, 5) is 37.1. The summed E-state index contributed by atoms with van der Waals surface area (Å²) in [6, 6.07) is 16.5. The van der Waals surface area contributed by atoms with Gasteiger partial charge in [0.05, 0.1) is 6.42 Å². The zero-order valence-electron chi connectivity index (χ0n) is 19.1. The first-order chi connectivity index (χ1) is 16.5. The molecule has 0 atom stereocenters. The van der Waals surface area contributed by atoms with Gasteiger partial charge >= 0.3 is 12.1 Å². The maximum absolute atomic E-state index is 12.3. The van der Waals surface area contributed by atoms with E-state index < -0.39 is 12.1 Å². The Kier molecular flexibility index (Phi) is 6.26. The van der Waals surface area contributed by atoms with Crippen LogP contribution >= 0.6 is 0 Å². The Morgan fingerprint density at radius 1 is 0.882 bits per heavy atom. The quantitative estimate of drug-likeness (QED) is 0.621. The first kappa shape index (κ1) is 22.4. The minimum atomic E-state index is -0.803. The van der Waals surface area contributed by atoms with Crippen molar-refractivity contribution in [2.24, 2.45) is 17.8 Å². The molecule has 2 amide bonds. The molecule has 2 aromatic carbocycles. The van der Waals surface area contributed by atoms with E-state index in [0.29, 0.717) is 44.5 Å². The molecule has 0 bridgehead atoms. The number of alkyl carbamates (subject to hydrolysis) is 1. The third-order valence-corrected chi connectivity index (χ3v) is 7.45. The van der Waals surface area contributed by atoms with Crippen LogP contribution in [-0.4, -0.2) is 54.2 Å². The Balaban J connectivity index is 1.01. The van der Waals surface area contributed by atoms with Crippen LogP contribution in [0.25, 0.3) is 11.1 Å². The number of likely N-dealkylation sites (tertiary alicyclic amines) is 1. The number of nitrogens with one attached hydrogen (secondary N) is 1. The van der Waals surface area contributed by atoms with Crippen LogP contribution < -0.4 is 5.32 Å². The highest BCUT2D eigenvalue weighted by atomic mass is 16.5. The number of fused-ring (bicyclic) bond motifs is 3. The van der Waals surface area contributed by atoms with Crippen LogP contribution in [0.5, 0.6) is 0 Å². The van der Waals surface area contributed by atoms with Crippen molar-refractivity contribution >= 4 is 18.0 Å².